The molecule has 0 unspecified atom stereocenters. The summed E-state index contributed by atoms with van der Waals surface area (Å²) in [4.78, 5) is 12.1. The van der Waals surface area contributed by atoms with E-state index in [9.17, 15) is 4.79 Å². The van der Waals surface area contributed by atoms with Gasteiger partial charge in [-0.2, -0.15) is 11.8 Å². The average molecular weight is 290 g/mol. The van der Waals surface area contributed by atoms with E-state index in [0.29, 0.717) is 12.3 Å². The van der Waals surface area contributed by atoms with Crippen LogP contribution in [0.2, 0.25) is 0 Å². The largest absolute Gasteiger partial charge is 0.326 e. The van der Waals surface area contributed by atoms with Crippen molar-refractivity contribution in [2.24, 2.45) is 5.92 Å². The Labute approximate surface area is 124 Å². The minimum atomic E-state index is 0.172. The fraction of sp³-hybridized carbons (Fsp3) is 0.562. The number of anilines is 1. The highest BCUT2D eigenvalue weighted by molar-refractivity contribution is 7.99. The fourth-order valence-electron chi connectivity index (χ4n) is 2.98. The number of amides is 1. The van der Waals surface area contributed by atoms with Gasteiger partial charge in [-0.15, -0.1) is 0 Å². The first kappa shape index (κ1) is 14.0. The summed E-state index contributed by atoms with van der Waals surface area (Å²) in [6.07, 6.45) is 4.14. The molecule has 1 aromatic carbocycles. The van der Waals surface area contributed by atoms with Crippen molar-refractivity contribution in [3.63, 3.8) is 0 Å². The Balaban J connectivity index is 1.58. The molecule has 20 heavy (non-hydrogen) atoms. The third-order valence-electron chi connectivity index (χ3n) is 4.19. The lowest BCUT2D eigenvalue weighted by Crippen LogP contribution is -2.24. The Kier molecular flexibility index (Phi) is 4.63. The van der Waals surface area contributed by atoms with E-state index in [-0.39, 0.29) is 5.91 Å². The molecule has 0 spiro atoms. The third kappa shape index (κ3) is 3.55. The summed E-state index contributed by atoms with van der Waals surface area (Å²) in [5.74, 6) is 3.17. The van der Waals surface area contributed by atoms with E-state index in [0.717, 1.165) is 25.2 Å². The van der Waals surface area contributed by atoms with Gasteiger partial charge >= 0.3 is 0 Å². The summed E-state index contributed by atoms with van der Waals surface area (Å²) < 4.78 is 0. The molecule has 2 N–H and O–H groups in total. The summed E-state index contributed by atoms with van der Waals surface area (Å²) >= 11 is 2.01. The monoisotopic (exact) mass is 290 g/mol. The van der Waals surface area contributed by atoms with Crippen LogP contribution in [0.1, 0.15) is 30.4 Å². The SMILES string of the molecule is O=C(CC1CCSCC1)Nc1ccc2c(c1)CNCC2. The van der Waals surface area contributed by atoms with Crippen molar-refractivity contribution in [3.05, 3.63) is 29.3 Å². The van der Waals surface area contributed by atoms with Gasteiger partial charge in [0.2, 0.25) is 5.91 Å². The van der Waals surface area contributed by atoms with E-state index in [1.54, 1.807) is 0 Å². The minimum Gasteiger partial charge on any atom is -0.326 e. The molecular weight excluding hydrogens is 268 g/mol. The van der Waals surface area contributed by atoms with Crippen molar-refractivity contribution in [2.75, 3.05) is 23.4 Å². The van der Waals surface area contributed by atoms with Crippen LogP contribution >= 0.6 is 11.8 Å². The van der Waals surface area contributed by atoms with Crippen molar-refractivity contribution >= 4 is 23.4 Å². The number of rotatable bonds is 3. The number of fused-ring (bicyclic) bond motifs is 1. The summed E-state index contributed by atoms with van der Waals surface area (Å²) in [5, 5.41) is 6.44. The zero-order valence-electron chi connectivity index (χ0n) is 11.8. The van der Waals surface area contributed by atoms with Gasteiger partial charge in [0.15, 0.2) is 0 Å². The van der Waals surface area contributed by atoms with Crippen LogP contribution in [0.25, 0.3) is 0 Å². The fourth-order valence-corrected chi connectivity index (χ4v) is 4.19. The maximum Gasteiger partial charge on any atom is 0.224 e. The van der Waals surface area contributed by atoms with Crippen LogP contribution in [-0.2, 0) is 17.8 Å². The van der Waals surface area contributed by atoms with Crippen LogP contribution in [0, 0.1) is 5.92 Å². The quantitative estimate of drug-likeness (QED) is 0.899. The van der Waals surface area contributed by atoms with Crippen LogP contribution in [0.15, 0.2) is 18.2 Å². The van der Waals surface area contributed by atoms with Crippen molar-refractivity contribution < 1.29 is 4.79 Å². The van der Waals surface area contributed by atoms with Crippen LogP contribution in [0.4, 0.5) is 5.69 Å². The Morgan fingerprint density at radius 3 is 3.00 bits per heavy atom. The second-order valence-corrected chi connectivity index (χ2v) is 6.94. The molecule has 0 saturated carbocycles. The van der Waals surface area contributed by atoms with Crippen molar-refractivity contribution in [1.82, 2.24) is 5.32 Å². The van der Waals surface area contributed by atoms with Crippen LogP contribution in [0.5, 0.6) is 0 Å². The molecule has 3 rings (SSSR count). The molecule has 3 nitrogen and oxygen atoms in total. The van der Waals surface area contributed by atoms with Gasteiger partial charge in [0.1, 0.15) is 0 Å². The topological polar surface area (TPSA) is 41.1 Å². The molecule has 0 aromatic heterocycles. The number of carbonyl (C=O) groups is 1. The highest BCUT2D eigenvalue weighted by atomic mass is 32.2. The van der Waals surface area contributed by atoms with E-state index in [2.05, 4.69) is 22.8 Å². The molecule has 108 valence electrons. The maximum absolute atomic E-state index is 12.1. The molecule has 1 fully saturated rings. The number of benzene rings is 1. The molecular formula is C16H22N2OS. The Morgan fingerprint density at radius 1 is 1.30 bits per heavy atom. The molecule has 1 amide bonds. The Bertz CT molecular complexity index is 483. The first-order valence-corrected chi connectivity index (χ1v) is 8.67. The van der Waals surface area contributed by atoms with E-state index >= 15 is 0 Å². The van der Waals surface area contributed by atoms with Gasteiger partial charge < -0.3 is 10.6 Å². The number of hydrogen-bond donors (Lipinski definition) is 2. The van der Waals surface area contributed by atoms with Gasteiger partial charge in [-0.05, 0) is 66.5 Å². The van der Waals surface area contributed by atoms with Gasteiger partial charge in [-0.3, -0.25) is 4.79 Å². The average Bonchev–Trinajstić information content (AvgIpc) is 2.48. The highest BCUT2D eigenvalue weighted by Crippen LogP contribution is 2.26. The van der Waals surface area contributed by atoms with Gasteiger partial charge in [-0.25, -0.2) is 0 Å². The normalized spacial score (nSPS) is 19.4. The molecule has 4 heteroatoms. The molecule has 1 saturated heterocycles. The Morgan fingerprint density at radius 2 is 2.15 bits per heavy atom. The lowest BCUT2D eigenvalue weighted by atomic mass is 9.98. The lowest BCUT2D eigenvalue weighted by molar-refractivity contribution is -0.117. The summed E-state index contributed by atoms with van der Waals surface area (Å²) in [6.45, 7) is 1.97. The minimum absolute atomic E-state index is 0.172. The van der Waals surface area contributed by atoms with Gasteiger partial charge in [0, 0.05) is 18.7 Å². The van der Waals surface area contributed by atoms with E-state index in [1.165, 1.54) is 35.5 Å². The summed E-state index contributed by atoms with van der Waals surface area (Å²) in [7, 11) is 0. The number of thioether (sulfide) groups is 1. The number of hydrogen-bond acceptors (Lipinski definition) is 3. The molecule has 0 aliphatic carbocycles. The molecule has 0 bridgehead atoms. The van der Waals surface area contributed by atoms with Crippen molar-refractivity contribution in [3.8, 4) is 0 Å². The lowest BCUT2D eigenvalue weighted by Gasteiger charge is -2.21. The zero-order chi connectivity index (χ0) is 13.8. The van der Waals surface area contributed by atoms with E-state index < -0.39 is 0 Å². The van der Waals surface area contributed by atoms with Crippen LogP contribution in [-0.4, -0.2) is 24.0 Å². The third-order valence-corrected chi connectivity index (χ3v) is 5.24. The summed E-state index contributed by atoms with van der Waals surface area (Å²) in [6, 6.07) is 6.32. The van der Waals surface area contributed by atoms with Crippen LogP contribution < -0.4 is 10.6 Å². The predicted octanol–water partition coefficient (Wildman–Crippen LogP) is 2.80. The van der Waals surface area contributed by atoms with Crippen molar-refractivity contribution in [2.45, 2.75) is 32.2 Å². The van der Waals surface area contributed by atoms with Crippen molar-refractivity contribution in [1.29, 1.82) is 0 Å². The molecule has 2 aliphatic heterocycles. The predicted molar refractivity (Wildman–Crippen MR) is 85.1 cm³/mol. The van der Waals surface area contributed by atoms with E-state index in [1.807, 2.05) is 17.8 Å². The summed E-state index contributed by atoms with van der Waals surface area (Å²) in [5.41, 5.74) is 3.68. The van der Waals surface area contributed by atoms with Gasteiger partial charge in [0.05, 0.1) is 0 Å². The highest BCUT2D eigenvalue weighted by Gasteiger charge is 2.17. The molecule has 2 heterocycles. The molecule has 2 aliphatic rings. The van der Waals surface area contributed by atoms with Gasteiger partial charge in [0.25, 0.3) is 0 Å². The standard InChI is InChI=1S/C16H22N2OS/c19-16(9-12-4-7-20-8-5-12)18-15-2-1-13-3-6-17-11-14(13)10-15/h1-2,10,12,17H,3-9,11H2,(H,18,19). The second kappa shape index (κ2) is 6.64. The first-order valence-electron chi connectivity index (χ1n) is 7.51. The van der Waals surface area contributed by atoms with Gasteiger partial charge in [-0.1, -0.05) is 6.07 Å². The maximum atomic E-state index is 12.1. The molecule has 0 radical (unpaired) electrons. The zero-order valence-corrected chi connectivity index (χ0v) is 12.6. The number of carbonyl (C=O) groups excluding carboxylic acids is 1. The molecule has 0 atom stereocenters. The molecule has 1 aromatic rings. The number of nitrogens with one attached hydrogen (secondary N) is 2. The van der Waals surface area contributed by atoms with E-state index in [4.69, 9.17) is 0 Å². The second-order valence-electron chi connectivity index (χ2n) is 5.72. The first-order chi connectivity index (χ1) is 9.81. The van der Waals surface area contributed by atoms with Crippen LogP contribution in [0.3, 0.4) is 0 Å². The Hall–Kier alpha value is -1.00. The smallest absolute Gasteiger partial charge is 0.224 e.